The lowest BCUT2D eigenvalue weighted by molar-refractivity contribution is -0.385. The number of hydrogen-bond acceptors (Lipinski definition) is 5. The third kappa shape index (κ3) is 2.03. The number of aromatic nitrogens is 3. The van der Waals surface area contributed by atoms with E-state index < -0.39 is 10.9 Å². The molecular weight excluding hydrogens is 240 g/mol. The van der Waals surface area contributed by atoms with E-state index in [1.165, 1.54) is 23.1 Å². The number of hydrogen-bond donors (Lipinski definition) is 1. The van der Waals surface area contributed by atoms with Gasteiger partial charge >= 0.3 is 5.97 Å². The molecule has 0 saturated heterocycles. The van der Waals surface area contributed by atoms with E-state index in [0.29, 0.717) is 11.4 Å². The van der Waals surface area contributed by atoms with Gasteiger partial charge in [0.05, 0.1) is 16.7 Å². The quantitative estimate of drug-likeness (QED) is 0.644. The minimum absolute atomic E-state index is 0.0211. The van der Waals surface area contributed by atoms with E-state index in [2.05, 4.69) is 10.1 Å². The minimum atomic E-state index is -1.10. The summed E-state index contributed by atoms with van der Waals surface area (Å²) >= 11 is 0. The Bertz CT molecular complexity index is 635. The van der Waals surface area contributed by atoms with Crippen LogP contribution in [0.25, 0.3) is 5.82 Å². The van der Waals surface area contributed by atoms with Crippen LogP contribution in [-0.2, 0) is 0 Å². The summed E-state index contributed by atoms with van der Waals surface area (Å²) in [6.07, 6.45) is 3.59. The predicted octanol–water partition coefficient (Wildman–Crippen LogP) is 1.18. The van der Waals surface area contributed by atoms with Crippen molar-refractivity contribution in [2.45, 2.75) is 6.92 Å². The lowest BCUT2D eigenvalue weighted by Gasteiger charge is -2.01. The van der Waals surface area contributed by atoms with E-state index >= 15 is 0 Å². The Hall–Kier alpha value is -2.77. The number of carboxylic acid groups (broad SMARTS) is 1. The maximum atomic E-state index is 10.7. The second kappa shape index (κ2) is 4.24. The van der Waals surface area contributed by atoms with Gasteiger partial charge < -0.3 is 5.11 Å². The maximum Gasteiger partial charge on any atom is 0.338 e. The van der Waals surface area contributed by atoms with Crippen molar-refractivity contribution in [3.63, 3.8) is 0 Å². The summed E-state index contributed by atoms with van der Waals surface area (Å²) in [6.45, 7) is 1.57. The van der Waals surface area contributed by atoms with Crippen LogP contribution in [0.2, 0.25) is 0 Å². The first kappa shape index (κ1) is 11.7. The van der Waals surface area contributed by atoms with E-state index in [1.54, 1.807) is 6.92 Å². The third-order valence-corrected chi connectivity index (χ3v) is 2.33. The largest absolute Gasteiger partial charge is 0.478 e. The molecule has 0 aliphatic heterocycles. The molecule has 0 radical (unpaired) electrons. The third-order valence-electron chi connectivity index (χ3n) is 2.33. The highest BCUT2D eigenvalue weighted by atomic mass is 16.6. The fourth-order valence-electron chi connectivity index (χ4n) is 1.41. The average Bonchev–Trinajstić information content (AvgIpc) is 2.77. The van der Waals surface area contributed by atoms with Crippen molar-refractivity contribution in [2.24, 2.45) is 0 Å². The molecule has 0 unspecified atom stereocenters. The zero-order valence-electron chi connectivity index (χ0n) is 9.27. The van der Waals surface area contributed by atoms with Crippen molar-refractivity contribution in [2.75, 3.05) is 0 Å². The topological polar surface area (TPSA) is 111 Å². The minimum Gasteiger partial charge on any atom is -0.478 e. The Morgan fingerprint density at radius 2 is 2.22 bits per heavy atom. The summed E-state index contributed by atoms with van der Waals surface area (Å²) in [4.78, 5) is 24.7. The maximum absolute atomic E-state index is 10.7. The number of pyridine rings is 1. The summed E-state index contributed by atoms with van der Waals surface area (Å²) in [7, 11) is 0. The molecule has 0 spiro atoms. The lowest BCUT2D eigenvalue weighted by Crippen LogP contribution is -2.01. The van der Waals surface area contributed by atoms with Crippen LogP contribution in [0.5, 0.6) is 0 Å². The molecule has 18 heavy (non-hydrogen) atoms. The van der Waals surface area contributed by atoms with Gasteiger partial charge in [0.15, 0.2) is 5.82 Å². The second-order valence-electron chi connectivity index (χ2n) is 3.56. The number of aryl methyl sites for hydroxylation is 1. The van der Waals surface area contributed by atoms with Crippen molar-refractivity contribution in [3.8, 4) is 5.82 Å². The van der Waals surface area contributed by atoms with Gasteiger partial charge in [-0.1, -0.05) is 0 Å². The van der Waals surface area contributed by atoms with E-state index in [4.69, 9.17) is 5.11 Å². The number of nitro groups is 1. The molecule has 0 aliphatic rings. The molecule has 0 amide bonds. The molecule has 2 heterocycles. The highest BCUT2D eigenvalue weighted by Crippen LogP contribution is 2.18. The number of rotatable bonds is 3. The van der Waals surface area contributed by atoms with Gasteiger partial charge in [-0.3, -0.25) is 10.1 Å². The van der Waals surface area contributed by atoms with Gasteiger partial charge in [-0.05, 0) is 13.0 Å². The first-order chi connectivity index (χ1) is 8.49. The fraction of sp³-hybridized carbons (Fsp3) is 0.100. The van der Waals surface area contributed by atoms with Crippen molar-refractivity contribution in [1.29, 1.82) is 0 Å². The Labute approximate surface area is 101 Å². The molecule has 2 aromatic heterocycles. The predicted molar refractivity (Wildman–Crippen MR) is 59.7 cm³/mol. The molecular formula is C10H8N4O4. The van der Waals surface area contributed by atoms with Gasteiger partial charge in [0, 0.05) is 11.8 Å². The zero-order valence-corrected chi connectivity index (χ0v) is 9.27. The van der Waals surface area contributed by atoms with Crippen molar-refractivity contribution < 1.29 is 14.8 Å². The SMILES string of the molecule is Cc1cc(-n2cc(C(=O)O)cn2)ncc1[N+](=O)[O-]. The number of aromatic carboxylic acids is 1. The van der Waals surface area contributed by atoms with Crippen LogP contribution in [0.3, 0.4) is 0 Å². The second-order valence-corrected chi connectivity index (χ2v) is 3.56. The van der Waals surface area contributed by atoms with Gasteiger partial charge in [-0.2, -0.15) is 5.10 Å². The Balaban J connectivity index is 2.42. The van der Waals surface area contributed by atoms with Gasteiger partial charge in [0.2, 0.25) is 0 Å². The molecule has 0 aromatic carbocycles. The van der Waals surface area contributed by atoms with E-state index in [1.807, 2.05) is 0 Å². The number of nitrogens with zero attached hydrogens (tertiary/aromatic N) is 4. The molecule has 92 valence electrons. The van der Waals surface area contributed by atoms with Crippen LogP contribution < -0.4 is 0 Å². The highest BCUT2D eigenvalue weighted by molar-refractivity contribution is 5.86. The Kier molecular flexibility index (Phi) is 2.76. The van der Waals surface area contributed by atoms with Crippen LogP contribution in [0.15, 0.2) is 24.7 Å². The Morgan fingerprint density at radius 1 is 1.50 bits per heavy atom. The van der Waals surface area contributed by atoms with Crippen molar-refractivity contribution >= 4 is 11.7 Å². The molecule has 8 heteroatoms. The molecule has 0 fully saturated rings. The smallest absolute Gasteiger partial charge is 0.338 e. The summed E-state index contributed by atoms with van der Waals surface area (Å²) in [5.41, 5.74) is 0.356. The van der Waals surface area contributed by atoms with Crippen molar-refractivity contribution in [1.82, 2.24) is 14.8 Å². The molecule has 2 rings (SSSR count). The first-order valence-corrected chi connectivity index (χ1v) is 4.88. The van der Waals surface area contributed by atoms with E-state index in [-0.39, 0.29) is 11.3 Å². The fourth-order valence-corrected chi connectivity index (χ4v) is 1.41. The van der Waals surface area contributed by atoms with E-state index in [0.717, 1.165) is 6.20 Å². The molecule has 0 bridgehead atoms. The van der Waals surface area contributed by atoms with Gasteiger partial charge in [-0.15, -0.1) is 0 Å². The summed E-state index contributed by atoms with van der Waals surface area (Å²) in [6, 6.07) is 1.47. The first-order valence-electron chi connectivity index (χ1n) is 4.88. The van der Waals surface area contributed by atoms with Gasteiger partial charge in [-0.25, -0.2) is 14.5 Å². The highest BCUT2D eigenvalue weighted by Gasteiger charge is 2.13. The van der Waals surface area contributed by atoms with E-state index in [9.17, 15) is 14.9 Å². The molecule has 0 atom stereocenters. The van der Waals surface area contributed by atoms with Crippen LogP contribution in [-0.4, -0.2) is 30.8 Å². The number of carbonyl (C=O) groups is 1. The lowest BCUT2D eigenvalue weighted by atomic mass is 10.2. The van der Waals surface area contributed by atoms with Gasteiger partial charge in [0.25, 0.3) is 5.69 Å². The van der Waals surface area contributed by atoms with Crippen LogP contribution in [0, 0.1) is 17.0 Å². The van der Waals surface area contributed by atoms with Crippen LogP contribution in [0.1, 0.15) is 15.9 Å². The summed E-state index contributed by atoms with van der Waals surface area (Å²) in [5, 5.41) is 23.2. The zero-order chi connectivity index (χ0) is 13.3. The summed E-state index contributed by atoms with van der Waals surface area (Å²) in [5.74, 6) is -0.773. The van der Waals surface area contributed by atoms with Crippen LogP contribution in [0.4, 0.5) is 5.69 Å². The molecule has 8 nitrogen and oxygen atoms in total. The van der Waals surface area contributed by atoms with Crippen LogP contribution >= 0.6 is 0 Å². The van der Waals surface area contributed by atoms with Crippen molar-refractivity contribution in [3.05, 3.63) is 45.9 Å². The monoisotopic (exact) mass is 248 g/mol. The average molecular weight is 248 g/mol. The molecule has 0 aliphatic carbocycles. The molecule has 2 aromatic rings. The normalized spacial score (nSPS) is 10.3. The summed E-state index contributed by atoms with van der Waals surface area (Å²) < 4.78 is 1.25. The molecule has 0 saturated carbocycles. The van der Waals surface area contributed by atoms with Gasteiger partial charge in [0.1, 0.15) is 6.20 Å². The molecule has 1 N–H and O–H groups in total. The standard InChI is InChI=1S/C10H8N4O4/c1-6-2-9(11-4-8(6)14(17)18)13-5-7(3-12-13)10(15)16/h2-5H,1H3,(H,15,16). The number of carboxylic acids is 1. The Morgan fingerprint density at radius 3 is 2.72 bits per heavy atom.